The Hall–Kier alpha value is -3.13. The number of nitrogens with one attached hydrogen (secondary N) is 3. The number of amides is 4. The molecule has 188 valence electrons. The molecule has 8 nitrogen and oxygen atoms in total. The molecule has 0 spiro atoms. The Morgan fingerprint density at radius 1 is 1.26 bits per heavy atom. The minimum absolute atomic E-state index is 0.0325. The van der Waals surface area contributed by atoms with Gasteiger partial charge >= 0.3 is 6.03 Å². The fourth-order valence-corrected chi connectivity index (χ4v) is 5.72. The van der Waals surface area contributed by atoms with Crippen molar-refractivity contribution >= 4 is 28.7 Å². The zero-order valence-corrected chi connectivity index (χ0v) is 20.8. The second kappa shape index (κ2) is 11.1. The van der Waals surface area contributed by atoms with E-state index in [4.69, 9.17) is 0 Å². The number of aromatic amines is 1. The van der Waals surface area contributed by atoms with Gasteiger partial charge in [0.1, 0.15) is 0 Å². The van der Waals surface area contributed by atoms with E-state index in [1.54, 1.807) is 6.92 Å². The minimum atomic E-state index is -0.365. The number of piperidine rings is 1. The quantitative estimate of drug-likeness (QED) is 0.380. The number of benzene rings is 1. The summed E-state index contributed by atoms with van der Waals surface area (Å²) in [5.74, 6) is -0.253. The molecule has 3 N–H and O–H groups in total. The van der Waals surface area contributed by atoms with E-state index >= 15 is 0 Å². The third-order valence-corrected chi connectivity index (χ3v) is 7.33. The number of imide groups is 1. The molecule has 2 heterocycles. The average Bonchev–Trinajstić information content (AvgIpc) is 3.28. The molecule has 0 saturated carbocycles. The zero-order valence-electron chi connectivity index (χ0n) is 20.8. The van der Waals surface area contributed by atoms with E-state index in [0.717, 1.165) is 11.9 Å². The first-order chi connectivity index (χ1) is 17.0. The third-order valence-electron chi connectivity index (χ3n) is 7.33. The van der Waals surface area contributed by atoms with Crippen LogP contribution in [0.1, 0.15) is 50.2 Å². The average molecular weight is 480 g/mol. The smallest absolute Gasteiger partial charge is 0.324 e. The largest absolute Gasteiger partial charge is 0.361 e. The Morgan fingerprint density at radius 2 is 2.09 bits per heavy atom. The maximum absolute atomic E-state index is 13.8. The summed E-state index contributed by atoms with van der Waals surface area (Å²) in [4.78, 5) is 45.3. The maximum atomic E-state index is 13.8. The number of hydrogen-bond acceptors (Lipinski definition) is 4. The zero-order chi connectivity index (χ0) is 24.9. The van der Waals surface area contributed by atoms with Gasteiger partial charge in [0.25, 0.3) is 0 Å². The van der Waals surface area contributed by atoms with Gasteiger partial charge in [0.15, 0.2) is 0 Å². The molecule has 4 rings (SSSR count). The highest BCUT2D eigenvalue weighted by Crippen LogP contribution is 2.45. The topological polar surface area (TPSA) is 97.5 Å². The Kier molecular flexibility index (Phi) is 7.90. The van der Waals surface area contributed by atoms with Crippen LogP contribution in [0.5, 0.6) is 0 Å². The molecule has 1 aromatic carbocycles. The van der Waals surface area contributed by atoms with Crippen LogP contribution in [0, 0.1) is 5.92 Å². The van der Waals surface area contributed by atoms with Crippen LogP contribution in [0.2, 0.25) is 0 Å². The van der Waals surface area contributed by atoms with Gasteiger partial charge in [-0.3, -0.25) is 19.4 Å². The maximum Gasteiger partial charge on any atom is 0.324 e. The van der Waals surface area contributed by atoms with Crippen LogP contribution in [0.4, 0.5) is 4.79 Å². The van der Waals surface area contributed by atoms with Crippen molar-refractivity contribution in [2.75, 3.05) is 32.7 Å². The number of carbonyl (C=O) groups excluding carboxylic acids is 3. The van der Waals surface area contributed by atoms with E-state index in [1.165, 1.54) is 21.4 Å². The lowest BCUT2D eigenvalue weighted by Crippen LogP contribution is -2.55. The highest BCUT2D eigenvalue weighted by molar-refractivity contribution is 5.96. The molecule has 4 amide bonds. The van der Waals surface area contributed by atoms with Crippen molar-refractivity contribution in [3.8, 4) is 0 Å². The second-order valence-electron chi connectivity index (χ2n) is 9.52. The lowest BCUT2D eigenvalue weighted by molar-refractivity contribution is -0.135. The molecular formula is C27H37N5O3. The Bertz CT molecular complexity index is 1090. The van der Waals surface area contributed by atoms with Gasteiger partial charge in [0, 0.05) is 68.2 Å². The number of likely N-dealkylation sites (tertiary alicyclic amines) is 1. The van der Waals surface area contributed by atoms with Crippen LogP contribution >= 0.6 is 0 Å². The SMILES string of the molecule is C=CCN1C[C@H](C(=O)N(CCCNC(=O)CC)C(=O)NCC)C[C@@H]2c3cccc4[nH]cc(c34)C[C@H]21. The lowest BCUT2D eigenvalue weighted by atomic mass is 9.72. The molecule has 0 unspecified atom stereocenters. The minimum Gasteiger partial charge on any atom is -0.361 e. The van der Waals surface area contributed by atoms with Gasteiger partial charge in [0.2, 0.25) is 11.8 Å². The summed E-state index contributed by atoms with van der Waals surface area (Å²) >= 11 is 0. The highest BCUT2D eigenvalue weighted by atomic mass is 16.2. The van der Waals surface area contributed by atoms with Crippen molar-refractivity contribution in [3.05, 3.63) is 48.2 Å². The fourth-order valence-electron chi connectivity index (χ4n) is 5.72. The van der Waals surface area contributed by atoms with Crippen LogP contribution in [-0.4, -0.2) is 71.4 Å². The van der Waals surface area contributed by atoms with Gasteiger partial charge in [-0.2, -0.15) is 0 Å². The van der Waals surface area contributed by atoms with Crippen LogP contribution in [-0.2, 0) is 16.0 Å². The van der Waals surface area contributed by atoms with E-state index in [1.807, 2.05) is 13.0 Å². The summed E-state index contributed by atoms with van der Waals surface area (Å²) in [6.45, 7) is 10.1. The molecule has 35 heavy (non-hydrogen) atoms. The molecule has 3 atom stereocenters. The standard InChI is InChI=1S/C27H37N5O3/c1-4-12-31-17-19(26(34)32(27(35)28-6-3)13-8-11-29-24(33)5-2)14-21-20-9-7-10-22-25(20)18(16-30-22)15-23(21)31/h4,7,9-10,16,19,21,23,30H,1,5-6,8,11-15,17H2,2-3H3,(H,28,35)(H,29,33)/t19-,21-,23-/m1/s1. The van der Waals surface area contributed by atoms with Crippen molar-refractivity contribution < 1.29 is 14.4 Å². The van der Waals surface area contributed by atoms with Gasteiger partial charge in [-0.25, -0.2) is 4.79 Å². The molecule has 2 aliphatic rings. The van der Waals surface area contributed by atoms with Crippen LogP contribution in [0.25, 0.3) is 10.9 Å². The Balaban J connectivity index is 1.56. The number of urea groups is 1. The predicted octanol–water partition coefficient (Wildman–Crippen LogP) is 3.16. The van der Waals surface area contributed by atoms with Gasteiger partial charge in [-0.15, -0.1) is 6.58 Å². The summed E-state index contributed by atoms with van der Waals surface area (Å²) in [6, 6.07) is 6.30. The van der Waals surface area contributed by atoms with Crippen molar-refractivity contribution in [3.63, 3.8) is 0 Å². The highest BCUT2D eigenvalue weighted by Gasteiger charge is 2.43. The molecule has 1 aromatic heterocycles. The molecule has 0 radical (unpaired) electrons. The van der Waals surface area contributed by atoms with E-state index < -0.39 is 0 Å². The summed E-state index contributed by atoms with van der Waals surface area (Å²) in [6.07, 6.45) is 6.60. The number of carbonyl (C=O) groups is 3. The fraction of sp³-hybridized carbons (Fsp3) is 0.519. The van der Waals surface area contributed by atoms with Gasteiger partial charge in [-0.05, 0) is 43.4 Å². The van der Waals surface area contributed by atoms with Gasteiger partial charge in [0.05, 0.1) is 5.92 Å². The number of rotatable bonds is 9. The summed E-state index contributed by atoms with van der Waals surface area (Å²) in [7, 11) is 0. The first-order valence-corrected chi connectivity index (χ1v) is 12.8. The molecule has 8 heteroatoms. The normalized spacial score (nSPS) is 21.3. The number of H-pyrrole nitrogens is 1. The molecule has 1 saturated heterocycles. The molecule has 1 aliphatic heterocycles. The van der Waals surface area contributed by atoms with Crippen molar-refractivity contribution in [2.24, 2.45) is 5.92 Å². The van der Waals surface area contributed by atoms with Gasteiger partial charge in [-0.1, -0.05) is 25.1 Å². The van der Waals surface area contributed by atoms with Crippen LogP contribution < -0.4 is 10.6 Å². The molecule has 1 aliphatic carbocycles. The van der Waals surface area contributed by atoms with Crippen LogP contribution in [0.3, 0.4) is 0 Å². The molecule has 0 bridgehead atoms. The number of nitrogens with zero attached hydrogens (tertiary/aromatic N) is 2. The second-order valence-corrected chi connectivity index (χ2v) is 9.52. The number of fused-ring (bicyclic) bond motifs is 2. The Labute approximate surface area is 207 Å². The Morgan fingerprint density at radius 3 is 2.83 bits per heavy atom. The molecule has 1 fully saturated rings. The van der Waals surface area contributed by atoms with E-state index in [0.29, 0.717) is 51.5 Å². The first-order valence-electron chi connectivity index (χ1n) is 12.8. The van der Waals surface area contributed by atoms with E-state index in [2.05, 4.69) is 51.5 Å². The lowest BCUT2D eigenvalue weighted by Gasteiger charge is -2.47. The number of aromatic nitrogens is 1. The van der Waals surface area contributed by atoms with Crippen LogP contribution in [0.15, 0.2) is 37.1 Å². The molecular weight excluding hydrogens is 442 g/mol. The first kappa shape index (κ1) is 25.0. The van der Waals surface area contributed by atoms with Crippen molar-refractivity contribution in [1.82, 2.24) is 25.4 Å². The van der Waals surface area contributed by atoms with Gasteiger partial charge < -0.3 is 15.6 Å². The summed E-state index contributed by atoms with van der Waals surface area (Å²) in [5, 5.41) is 6.90. The number of hydrogen-bond donors (Lipinski definition) is 3. The van der Waals surface area contributed by atoms with Crippen molar-refractivity contribution in [1.29, 1.82) is 0 Å². The summed E-state index contributed by atoms with van der Waals surface area (Å²) in [5.41, 5.74) is 3.75. The summed E-state index contributed by atoms with van der Waals surface area (Å²) < 4.78 is 0. The predicted molar refractivity (Wildman–Crippen MR) is 137 cm³/mol. The third kappa shape index (κ3) is 5.12. The molecule has 2 aromatic rings. The van der Waals surface area contributed by atoms with E-state index in [9.17, 15) is 14.4 Å². The van der Waals surface area contributed by atoms with Crippen molar-refractivity contribution in [2.45, 2.75) is 51.5 Å². The monoisotopic (exact) mass is 479 g/mol. The van der Waals surface area contributed by atoms with E-state index in [-0.39, 0.29) is 36.2 Å².